The van der Waals surface area contributed by atoms with Crippen molar-refractivity contribution in [2.75, 3.05) is 0 Å². The SMILES string of the molecule is Cc1ccc(/C=C/C(=O)NNC(=O)c2ccco2)cc1Cl. The van der Waals surface area contributed by atoms with Crippen LogP contribution < -0.4 is 10.9 Å². The molecule has 108 valence electrons. The summed E-state index contributed by atoms with van der Waals surface area (Å²) in [6.45, 7) is 1.90. The number of aryl methyl sites for hydroxylation is 1. The number of carbonyl (C=O) groups is 2. The maximum absolute atomic E-state index is 11.6. The minimum absolute atomic E-state index is 0.115. The van der Waals surface area contributed by atoms with Crippen LogP contribution in [0.25, 0.3) is 6.08 Å². The summed E-state index contributed by atoms with van der Waals surface area (Å²) >= 11 is 5.99. The number of nitrogens with one attached hydrogen (secondary N) is 2. The molecule has 0 saturated heterocycles. The number of benzene rings is 1. The topological polar surface area (TPSA) is 71.3 Å². The van der Waals surface area contributed by atoms with Gasteiger partial charge in [-0.25, -0.2) is 0 Å². The highest BCUT2D eigenvalue weighted by molar-refractivity contribution is 6.31. The van der Waals surface area contributed by atoms with Crippen molar-refractivity contribution >= 4 is 29.5 Å². The zero-order chi connectivity index (χ0) is 15.2. The Hall–Kier alpha value is -2.53. The molecule has 0 unspecified atom stereocenters. The van der Waals surface area contributed by atoms with Crippen LogP contribution in [-0.4, -0.2) is 11.8 Å². The van der Waals surface area contributed by atoms with Crippen molar-refractivity contribution in [1.82, 2.24) is 10.9 Å². The van der Waals surface area contributed by atoms with Crippen LogP contribution in [0.15, 0.2) is 47.1 Å². The van der Waals surface area contributed by atoms with Crippen LogP contribution >= 0.6 is 11.6 Å². The molecule has 2 N–H and O–H groups in total. The van der Waals surface area contributed by atoms with E-state index in [9.17, 15) is 9.59 Å². The lowest BCUT2D eigenvalue weighted by molar-refractivity contribution is -0.117. The Morgan fingerprint density at radius 2 is 2.05 bits per heavy atom. The molecule has 2 aromatic rings. The number of hydrazine groups is 1. The molecular formula is C15H13ClN2O3. The monoisotopic (exact) mass is 304 g/mol. The second kappa shape index (κ2) is 6.76. The predicted octanol–water partition coefficient (Wildman–Crippen LogP) is 2.72. The second-order valence-electron chi connectivity index (χ2n) is 4.26. The van der Waals surface area contributed by atoms with Crippen molar-refractivity contribution in [3.05, 3.63) is 64.6 Å². The van der Waals surface area contributed by atoms with Crippen LogP contribution in [0.5, 0.6) is 0 Å². The molecule has 0 fully saturated rings. The van der Waals surface area contributed by atoms with Crippen molar-refractivity contribution < 1.29 is 14.0 Å². The molecule has 0 aliphatic heterocycles. The molecule has 0 saturated carbocycles. The fraction of sp³-hybridized carbons (Fsp3) is 0.0667. The molecule has 1 aromatic heterocycles. The largest absolute Gasteiger partial charge is 0.459 e. The summed E-state index contributed by atoms with van der Waals surface area (Å²) in [5, 5.41) is 0.628. The highest BCUT2D eigenvalue weighted by Crippen LogP contribution is 2.17. The van der Waals surface area contributed by atoms with Crippen molar-refractivity contribution in [2.45, 2.75) is 6.92 Å². The Morgan fingerprint density at radius 3 is 2.71 bits per heavy atom. The highest BCUT2D eigenvalue weighted by Gasteiger charge is 2.07. The standard InChI is InChI=1S/C15H13ClN2O3/c1-10-4-5-11(9-12(10)16)6-7-14(19)17-18-15(20)13-3-2-8-21-13/h2-9H,1H3,(H,17,19)(H,18,20)/b7-6+. The van der Waals surface area contributed by atoms with E-state index in [2.05, 4.69) is 10.9 Å². The van der Waals surface area contributed by atoms with E-state index in [-0.39, 0.29) is 5.76 Å². The Kier molecular flexibility index (Phi) is 4.79. The van der Waals surface area contributed by atoms with Crippen LogP contribution in [0.1, 0.15) is 21.7 Å². The molecule has 1 aromatic carbocycles. The van der Waals surface area contributed by atoms with Crippen molar-refractivity contribution in [3.8, 4) is 0 Å². The Labute approximate surface area is 126 Å². The van der Waals surface area contributed by atoms with Crippen LogP contribution in [0.4, 0.5) is 0 Å². The molecule has 2 rings (SSSR count). The lowest BCUT2D eigenvalue weighted by Crippen LogP contribution is -2.40. The molecule has 0 radical (unpaired) electrons. The van der Waals surface area contributed by atoms with Gasteiger partial charge in [-0.2, -0.15) is 0 Å². The molecule has 0 spiro atoms. The van der Waals surface area contributed by atoms with E-state index < -0.39 is 11.8 Å². The fourth-order valence-corrected chi connectivity index (χ4v) is 1.70. The number of furan rings is 1. The number of amides is 2. The first-order valence-corrected chi connectivity index (χ1v) is 6.52. The van der Waals surface area contributed by atoms with Crippen LogP contribution in [0.2, 0.25) is 5.02 Å². The summed E-state index contributed by atoms with van der Waals surface area (Å²) < 4.78 is 4.89. The van der Waals surface area contributed by atoms with E-state index in [4.69, 9.17) is 16.0 Å². The third-order valence-electron chi connectivity index (χ3n) is 2.67. The summed E-state index contributed by atoms with van der Waals surface area (Å²) in [6, 6.07) is 8.52. The minimum Gasteiger partial charge on any atom is -0.459 e. The average Bonchev–Trinajstić information content (AvgIpc) is 3.00. The maximum Gasteiger partial charge on any atom is 0.305 e. The van der Waals surface area contributed by atoms with Gasteiger partial charge in [-0.15, -0.1) is 0 Å². The number of hydrogen-bond donors (Lipinski definition) is 2. The quantitative estimate of drug-likeness (QED) is 0.676. The Balaban J connectivity index is 1.88. The summed E-state index contributed by atoms with van der Waals surface area (Å²) in [5.41, 5.74) is 6.23. The fourth-order valence-electron chi connectivity index (χ4n) is 1.51. The molecule has 0 aliphatic rings. The lowest BCUT2D eigenvalue weighted by Gasteiger charge is -2.03. The van der Waals surface area contributed by atoms with E-state index in [1.807, 2.05) is 19.1 Å². The van der Waals surface area contributed by atoms with Gasteiger partial charge in [-0.1, -0.05) is 23.7 Å². The molecule has 21 heavy (non-hydrogen) atoms. The van der Waals surface area contributed by atoms with Crippen LogP contribution in [0, 0.1) is 6.92 Å². The van der Waals surface area contributed by atoms with E-state index in [0.29, 0.717) is 5.02 Å². The van der Waals surface area contributed by atoms with Gasteiger partial charge in [-0.05, 0) is 42.3 Å². The minimum atomic E-state index is -0.528. The molecular weight excluding hydrogens is 292 g/mol. The predicted molar refractivity (Wildman–Crippen MR) is 79.5 cm³/mol. The molecule has 5 nitrogen and oxygen atoms in total. The summed E-state index contributed by atoms with van der Waals surface area (Å²) in [4.78, 5) is 23.1. The zero-order valence-corrected chi connectivity index (χ0v) is 12.0. The van der Waals surface area contributed by atoms with Crippen molar-refractivity contribution in [1.29, 1.82) is 0 Å². The number of hydrogen-bond acceptors (Lipinski definition) is 3. The molecule has 1 heterocycles. The molecule has 0 bridgehead atoms. The van der Waals surface area contributed by atoms with Crippen LogP contribution in [0.3, 0.4) is 0 Å². The molecule has 0 atom stereocenters. The van der Waals surface area contributed by atoms with Gasteiger partial charge in [-0.3, -0.25) is 20.4 Å². The van der Waals surface area contributed by atoms with Gasteiger partial charge >= 0.3 is 5.91 Å². The molecule has 6 heteroatoms. The van der Waals surface area contributed by atoms with Gasteiger partial charge in [0.1, 0.15) is 0 Å². The highest BCUT2D eigenvalue weighted by atomic mass is 35.5. The van der Waals surface area contributed by atoms with E-state index >= 15 is 0 Å². The number of carbonyl (C=O) groups excluding carboxylic acids is 2. The Bertz CT molecular complexity index is 678. The van der Waals surface area contributed by atoms with Gasteiger partial charge in [0, 0.05) is 11.1 Å². The smallest absolute Gasteiger partial charge is 0.305 e. The summed E-state index contributed by atoms with van der Waals surface area (Å²) in [7, 11) is 0. The summed E-state index contributed by atoms with van der Waals surface area (Å²) in [6.07, 6.45) is 4.26. The molecule has 0 aliphatic carbocycles. The third kappa shape index (κ3) is 4.22. The second-order valence-corrected chi connectivity index (χ2v) is 4.67. The van der Waals surface area contributed by atoms with E-state index in [1.54, 1.807) is 18.2 Å². The number of halogens is 1. The first-order valence-electron chi connectivity index (χ1n) is 6.14. The summed E-state index contributed by atoms with van der Waals surface area (Å²) in [5.74, 6) is -0.878. The Morgan fingerprint density at radius 1 is 1.24 bits per heavy atom. The van der Waals surface area contributed by atoms with Gasteiger partial charge in [0.25, 0.3) is 5.91 Å². The van der Waals surface area contributed by atoms with E-state index in [1.165, 1.54) is 18.4 Å². The third-order valence-corrected chi connectivity index (χ3v) is 3.07. The maximum atomic E-state index is 11.6. The average molecular weight is 305 g/mol. The van der Waals surface area contributed by atoms with Gasteiger partial charge < -0.3 is 4.42 Å². The van der Waals surface area contributed by atoms with E-state index in [0.717, 1.165) is 11.1 Å². The van der Waals surface area contributed by atoms with Crippen molar-refractivity contribution in [3.63, 3.8) is 0 Å². The zero-order valence-electron chi connectivity index (χ0n) is 11.2. The van der Waals surface area contributed by atoms with Crippen LogP contribution in [-0.2, 0) is 4.79 Å². The first-order chi connectivity index (χ1) is 10.1. The lowest BCUT2D eigenvalue weighted by atomic mass is 10.1. The van der Waals surface area contributed by atoms with Gasteiger partial charge in [0.15, 0.2) is 5.76 Å². The van der Waals surface area contributed by atoms with Gasteiger partial charge in [0.2, 0.25) is 0 Å². The van der Waals surface area contributed by atoms with Crippen molar-refractivity contribution in [2.24, 2.45) is 0 Å². The molecule has 2 amide bonds. The number of rotatable bonds is 3. The normalized spacial score (nSPS) is 10.6. The first kappa shape index (κ1) is 14.9. The van der Waals surface area contributed by atoms with Gasteiger partial charge in [0.05, 0.1) is 6.26 Å².